The van der Waals surface area contributed by atoms with Crippen molar-refractivity contribution in [2.75, 3.05) is 0 Å². The van der Waals surface area contributed by atoms with E-state index >= 15 is 0 Å². The molecule has 2 N–H and O–H groups in total. The number of rotatable bonds is 5. The molecule has 6 nitrogen and oxygen atoms in total. The fraction of sp³-hybridized carbons (Fsp3) is 0.833. The molecule has 0 aliphatic rings. The van der Waals surface area contributed by atoms with Gasteiger partial charge < -0.3 is 10.2 Å². The highest BCUT2D eigenvalue weighted by Gasteiger charge is 2.48. The van der Waals surface area contributed by atoms with Gasteiger partial charge in [0.05, 0.1) is 0 Å². The molecule has 1 unspecified atom stereocenters. The Morgan fingerprint density at radius 1 is 0.944 bits per heavy atom. The van der Waals surface area contributed by atoms with Crippen LogP contribution in [0.25, 0.3) is 0 Å². The van der Waals surface area contributed by atoms with E-state index in [1.54, 1.807) is 27.7 Å². The van der Waals surface area contributed by atoms with E-state index in [1.165, 1.54) is 13.8 Å². The Morgan fingerprint density at radius 2 is 1.39 bits per heavy atom. The van der Waals surface area contributed by atoms with Crippen molar-refractivity contribution in [1.82, 2.24) is 0 Å². The normalized spacial score (nSPS) is 16.6. The van der Waals surface area contributed by atoms with Gasteiger partial charge in [0, 0.05) is 0 Å². The van der Waals surface area contributed by atoms with Crippen LogP contribution in [0, 0.1) is 5.41 Å². The Labute approximate surface area is 107 Å². The first kappa shape index (κ1) is 16.5. The summed E-state index contributed by atoms with van der Waals surface area (Å²) in [5.74, 6) is -2.24. The van der Waals surface area contributed by atoms with Crippen LogP contribution in [0.3, 0.4) is 0 Å². The smallest absolute Gasteiger partial charge is 0.334 e. The molecule has 1 atom stereocenters. The molecule has 0 fully saturated rings. The van der Waals surface area contributed by atoms with Crippen molar-refractivity contribution in [3.8, 4) is 0 Å². The molecule has 0 heterocycles. The van der Waals surface area contributed by atoms with Gasteiger partial charge in [0.1, 0.15) is 0 Å². The summed E-state index contributed by atoms with van der Waals surface area (Å²) in [6.07, 6.45) is 0.241. The number of carboxylic acids is 2. The number of hydrogen-bond donors (Lipinski definition) is 2. The predicted molar refractivity (Wildman–Crippen MR) is 66.7 cm³/mol. The van der Waals surface area contributed by atoms with Crippen molar-refractivity contribution >= 4 is 11.9 Å². The number of carboxylic acid groups (broad SMARTS) is 2. The fourth-order valence-corrected chi connectivity index (χ4v) is 1.52. The summed E-state index contributed by atoms with van der Waals surface area (Å²) in [5.41, 5.74) is -3.51. The molecule has 0 saturated carbocycles. The molecule has 0 aliphatic carbocycles. The molecule has 0 bridgehead atoms. The molecule has 0 aliphatic heterocycles. The van der Waals surface area contributed by atoms with E-state index in [1.807, 2.05) is 0 Å². The van der Waals surface area contributed by atoms with Crippen molar-refractivity contribution in [3.63, 3.8) is 0 Å². The van der Waals surface area contributed by atoms with Gasteiger partial charge in [-0.3, -0.25) is 0 Å². The summed E-state index contributed by atoms with van der Waals surface area (Å²) in [4.78, 5) is 22.4. The lowest BCUT2D eigenvalue weighted by molar-refractivity contribution is -0.149. The van der Waals surface area contributed by atoms with E-state index < -0.39 is 28.4 Å². The van der Waals surface area contributed by atoms with Crippen LogP contribution < -0.4 is 0 Å². The van der Waals surface area contributed by atoms with E-state index in [2.05, 4.69) is 10.2 Å². The molecule has 104 valence electrons. The maximum Gasteiger partial charge on any atom is 0.334 e. The predicted octanol–water partition coefficient (Wildman–Crippen LogP) is 2.58. The number of aliphatic carboxylic acids is 2. The second kappa shape index (κ2) is 5.04. The Balaban J connectivity index is 5.61. The minimum atomic E-state index is -1.43. The fourth-order valence-electron chi connectivity index (χ4n) is 1.52. The number of nitrogens with zero attached hydrogens (tertiary/aromatic N) is 2. The summed E-state index contributed by atoms with van der Waals surface area (Å²) < 4.78 is 0. The summed E-state index contributed by atoms with van der Waals surface area (Å²) in [7, 11) is 0. The Morgan fingerprint density at radius 3 is 1.61 bits per heavy atom. The topological polar surface area (TPSA) is 99.3 Å². The molecule has 6 heteroatoms. The van der Waals surface area contributed by atoms with E-state index in [0.29, 0.717) is 0 Å². The van der Waals surface area contributed by atoms with Gasteiger partial charge >= 0.3 is 11.9 Å². The molecule has 0 aromatic rings. The highest BCUT2D eigenvalue weighted by molar-refractivity contribution is 5.80. The first-order valence-corrected chi connectivity index (χ1v) is 5.81. The maximum absolute atomic E-state index is 11.5. The van der Waals surface area contributed by atoms with Crippen molar-refractivity contribution in [1.29, 1.82) is 0 Å². The van der Waals surface area contributed by atoms with Crippen molar-refractivity contribution in [3.05, 3.63) is 0 Å². The van der Waals surface area contributed by atoms with Gasteiger partial charge in [-0.15, -0.1) is 0 Å². The lowest BCUT2D eigenvalue weighted by atomic mass is 9.72. The first-order valence-electron chi connectivity index (χ1n) is 5.81. The van der Waals surface area contributed by atoms with E-state index in [4.69, 9.17) is 5.11 Å². The summed E-state index contributed by atoms with van der Waals surface area (Å²) in [6.45, 7) is 9.70. The van der Waals surface area contributed by atoms with Crippen LogP contribution in [0.2, 0.25) is 0 Å². The van der Waals surface area contributed by atoms with Crippen molar-refractivity contribution < 1.29 is 19.8 Å². The molecule has 0 saturated heterocycles. The van der Waals surface area contributed by atoms with Crippen LogP contribution in [-0.2, 0) is 9.59 Å². The van der Waals surface area contributed by atoms with Crippen molar-refractivity contribution in [2.45, 2.75) is 59.0 Å². The zero-order valence-corrected chi connectivity index (χ0v) is 11.8. The van der Waals surface area contributed by atoms with Crippen LogP contribution in [-0.4, -0.2) is 33.2 Å². The molecular weight excluding hydrogens is 236 g/mol. The Hall–Kier alpha value is -1.46. The minimum Gasteiger partial charge on any atom is -0.479 e. The zero-order valence-electron chi connectivity index (χ0n) is 11.8. The third kappa shape index (κ3) is 3.05. The molecule has 18 heavy (non-hydrogen) atoms. The van der Waals surface area contributed by atoms with Gasteiger partial charge in [-0.1, -0.05) is 27.7 Å². The summed E-state index contributed by atoms with van der Waals surface area (Å²) in [6, 6.07) is 0. The van der Waals surface area contributed by atoms with Gasteiger partial charge in [-0.2, -0.15) is 10.2 Å². The van der Waals surface area contributed by atoms with Gasteiger partial charge in [0.15, 0.2) is 11.1 Å². The number of carbonyl (C=O) groups is 2. The van der Waals surface area contributed by atoms with Crippen LogP contribution in [0.5, 0.6) is 0 Å². The lowest BCUT2D eigenvalue weighted by Crippen LogP contribution is -2.48. The largest absolute Gasteiger partial charge is 0.479 e. The molecule has 0 aromatic heterocycles. The van der Waals surface area contributed by atoms with Gasteiger partial charge in [-0.25, -0.2) is 9.59 Å². The third-order valence-electron chi connectivity index (χ3n) is 3.10. The third-order valence-corrected chi connectivity index (χ3v) is 3.10. The average molecular weight is 258 g/mol. The molecule has 0 spiro atoms. The minimum absolute atomic E-state index is 0.241. The second-order valence-electron chi connectivity index (χ2n) is 5.83. The molecule has 0 rings (SSSR count). The van der Waals surface area contributed by atoms with Crippen LogP contribution in [0.4, 0.5) is 0 Å². The monoisotopic (exact) mass is 258 g/mol. The SMILES string of the molecule is CCC(N=NC(C)(C)C(=O)O)(C(=O)O)C(C)(C)C. The maximum atomic E-state index is 11.5. The van der Waals surface area contributed by atoms with Crippen LogP contribution >= 0.6 is 0 Å². The first-order chi connectivity index (χ1) is 7.90. The standard InChI is InChI=1S/C12H22N2O4/c1-7-12(9(17)18,10(2,3)4)14-13-11(5,6)8(15)16/h7H2,1-6H3,(H,15,16)(H,17,18). The van der Waals surface area contributed by atoms with E-state index in [0.717, 1.165) is 0 Å². The van der Waals surface area contributed by atoms with Crippen LogP contribution in [0.15, 0.2) is 10.2 Å². The summed E-state index contributed by atoms with van der Waals surface area (Å²) >= 11 is 0. The molecule has 0 radical (unpaired) electrons. The number of azo groups is 1. The number of hydrogen-bond acceptors (Lipinski definition) is 4. The molecule has 0 aromatic carbocycles. The van der Waals surface area contributed by atoms with Crippen LogP contribution in [0.1, 0.15) is 48.0 Å². The Bertz CT molecular complexity index is 369. The highest BCUT2D eigenvalue weighted by Crippen LogP contribution is 2.38. The molecular formula is C12H22N2O4. The van der Waals surface area contributed by atoms with Crippen molar-refractivity contribution in [2.24, 2.45) is 15.6 Å². The Kier molecular flexibility index (Phi) is 4.63. The quantitative estimate of drug-likeness (QED) is 0.740. The average Bonchev–Trinajstić information content (AvgIpc) is 2.15. The van der Waals surface area contributed by atoms with Gasteiger partial charge in [0.2, 0.25) is 0 Å². The van der Waals surface area contributed by atoms with E-state index in [-0.39, 0.29) is 6.42 Å². The van der Waals surface area contributed by atoms with Gasteiger partial charge in [0.25, 0.3) is 0 Å². The highest BCUT2D eigenvalue weighted by atomic mass is 16.4. The zero-order chi connectivity index (χ0) is 14.8. The summed E-state index contributed by atoms with van der Waals surface area (Å²) in [5, 5.41) is 26.0. The van der Waals surface area contributed by atoms with E-state index in [9.17, 15) is 14.7 Å². The lowest BCUT2D eigenvalue weighted by Gasteiger charge is -2.36. The second-order valence-corrected chi connectivity index (χ2v) is 5.83. The molecule has 0 amide bonds. The van der Waals surface area contributed by atoms with Gasteiger partial charge in [-0.05, 0) is 25.7 Å².